The van der Waals surface area contributed by atoms with E-state index in [9.17, 15) is 13.2 Å². The third-order valence-electron chi connectivity index (χ3n) is 5.25. The summed E-state index contributed by atoms with van der Waals surface area (Å²) in [6.45, 7) is 5.60. The first kappa shape index (κ1) is 18.4. The van der Waals surface area contributed by atoms with Gasteiger partial charge >= 0.3 is 0 Å². The molecule has 2 saturated heterocycles. The van der Waals surface area contributed by atoms with Gasteiger partial charge in [0.2, 0.25) is 15.9 Å². The van der Waals surface area contributed by atoms with Crippen LogP contribution in [0.15, 0.2) is 29.2 Å². The number of rotatable bonds is 6. The molecule has 0 radical (unpaired) electrons. The average Bonchev–Trinajstić information content (AvgIpc) is 3.11. The Hall–Kier alpha value is -1.44. The molecule has 0 aliphatic carbocycles. The van der Waals surface area contributed by atoms with Crippen LogP contribution in [-0.4, -0.2) is 62.4 Å². The predicted octanol–water partition coefficient (Wildman–Crippen LogP) is 1.82. The topological polar surface area (TPSA) is 66.9 Å². The van der Waals surface area contributed by atoms with Gasteiger partial charge in [-0.1, -0.05) is 26.0 Å². The standard InChI is InChI=1S/C18H26N2O4S/c1-13(2)14-4-6-15(7-5-14)25(22,23)20-9-8-16-17(20)12-18(21)19(16)10-11-24-3/h4-7,13,16-17H,8-12H2,1-3H3/t16-,17-/m1/s1. The van der Waals surface area contributed by atoms with E-state index >= 15 is 0 Å². The van der Waals surface area contributed by atoms with E-state index in [-0.39, 0.29) is 24.4 Å². The van der Waals surface area contributed by atoms with Gasteiger partial charge in [-0.15, -0.1) is 0 Å². The monoisotopic (exact) mass is 366 g/mol. The molecule has 7 heteroatoms. The number of carbonyl (C=O) groups excluding carboxylic acids is 1. The maximum absolute atomic E-state index is 13.1. The van der Waals surface area contributed by atoms with E-state index in [1.54, 1.807) is 24.1 Å². The Morgan fingerprint density at radius 2 is 1.88 bits per heavy atom. The van der Waals surface area contributed by atoms with Crippen LogP contribution in [0.1, 0.15) is 38.2 Å². The van der Waals surface area contributed by atoms with E-state index in [1.165, 1.54) is 4.31 Å². The van der Waals surface area contributed by atoms with Crippen molar-refractivity contribution in [3.8, 4) is 0 Å². The molecule has 0 N–H and O–H groups in total. The van der Waals surface area contributed by atoms with Gasteiger partial charge in [-0.25, -0.2) is 8.42 Å². The summed E-state index contributed by atoms with van der Waals surface area (Å²) in [7, 11) is -1.98. The Kier molecular flexibility index (Phi) is 5.18. The van der Waals surface area contributed by atoms with Crippen molar-refractivity contribution in [2.45, 2.75) is 49.6 Å². The zero-order chi connectivity index (χ0) is 18.2. The van der Waals surface area contributed by atoms with Crippen LogP contribution in [-0.2, 0) is 19.6 Å². The number of amides is 1. The predicted molar refractivity (Wildman–Crippen MR) is 94.8 cm³/mol. The first-order valence-corrected chi connectivity index (χ1v) is 10.2. The molecule has 25 heavy (non-hydrogen) atoms. The van der Waals surface area contributed by atoms with Gasteiger partial charge in [-0.3, -0.25) is 4.79 Å². The number of nitrogens with zero attached hydrogens (tertiary/aromatic N) is 2. The largest absolute Gasteiger partial charge is 0.383 e. The minimum atomic E-state index is -3.58. The molecule has 0 bridgehead atoms. The lowest BCUT2D eigenvalue weighted by molar-refractivity contribution is -0.129. The quantitative estimate of drug-likeness (QED) is 0.770. The molecule has 0 saturated carbocycles. The zero-order valence-electron chi connectivity index (χ0n) is 15.0. The zero-order valence-corrected chi connectivity index (χ0v) is 15.8. The second-order valence-electron chi connectivity index (χ2n) is 7.05. The minimum absolute atomic E-state index is 0.0158. The lowest BCUT2D eigenvalue weighted by Gasteiger charge is -2.25. The van der Waals surface area contributed by atoms with Gasteiger partial charge in [0.15, 0.2) is 0 Å². The number of fused-ring (bicyclic) bond motifs is 1. The van der Waals surface area contributed by atoms with Gasteiger partial charge in [-0.05, 0) is 30.0 Å². The van der Waals surface area contributed by atoms with Crippen molar-refractivity contribution in [2.75, 3.05) is 26.8 Å². The van der Waals surface area contributed by atoms with Gasteiger partial charge in [0.1, 0.15) is 0 Å². The molecule has 2 aliphatic rings. The number of hydrogen-bond acceptors (Lipinski definition) is 4. The summed E-state index contributed by atoms with van der Waals surface area (Å²) < 4.78 is 32.7. The Morgan fingerprint density at radius 1 is 1.20 bits per heavy atom. The summed E-state index contributed by atoms with van der Waals surface area (Å²) >= 11 is 0. The van der Waals surface area contributed by atoms with Crippen LogP contribution in [0.5, 0.6) is 0 Å². The van der Waals surface area contributed by atoms with Gasteiger partial charge in [0, 0.05) is 26.6 Å². The van der Waals surface area contributed by atoms with E-state index in [0.29, 0.717) is 36.9 Å². The van der Waals surface area contributed by atoms with Gasteiger partial charge in [0.05, 0.1) is 23.6 Å². The number of sulfonamides is 1. The number of methoxy groups -OCH3 is 1. The van der Waals surface area contributed by atoms with Crippen molar-refractivity contribution in [3.63, 3.8) is 0 Å². The number of hydrogen-bond donors (Lipinski definition) is 0. The van der Waals surface area contributed by atoms with Crippen molar-refractivity contribution in [1.29, 1.82) is 0 Å². The Labute approximate surface area is 149 Å². The second kappa shape index (κ2) is 7.05. The van der Waals surface area contributed by atoms with Crippen LogP contribution < -0.4 is 0 Å². The van der Waals surface area contributed by atoms with E-state index < -0.39 is 10.0 Å². The molecule has 0 spiro atoms. The summed E-state index contributed by atoms with van der Waals surface area (Å²) in [5, 5.41) is 0. The van der Waals surface area contributed by atoms with E-state index in [2.05, 4.69) is 13.8 Å². The van der Waals surface area contributed by atoms with Crippen LogP contribution in [0.4, 0.5) is 0 Å². The fraction of sp³-hybridized carbons (Fsp3) is 0.611. The average molecular weight is 366 g/mol. The van der Waals surface area contributed by atoms with Crippen molar-refractivity contribution in [2.24, 2.45) is 0 Å². The molecule has 0 unspecified atom stereocenters. The van der Waals surface area contributed by atoms with E-state index in [4.69, 9.17) is 4.74 Å². The smallest absolute Gasteiger partial charge is 0.243 e. The van der Waals surface area contributed by atoms with Crippen LogP contribution in [0.3, 0.4) is 0 Å². The fourth-order valence-electron chi connectivity index (χ4n) is 3.83. The highest BCUT2D eigenvalue weighted by Gasteiger charge is 2.50. The summed E-state index contributed by atoms with van der Waals surface area (Å²) in [4.78, 5) is 14.4. The Morgan fingerprint density at radius 3 is 2.48 bits per heavy atom. The summed E-state index contributed by atoms with van der Waals surface area (Å²) in [6.07, 6.45) is 0.946. The first-order valence-electron chi connectivity index (χ1n) is 8.76. The highest BCUT2D eigenvalue weighted by atomic mass is 32.2. The molecule has 1 amide bonds. The van der Waals surface area contributed by atoms with Crippen molar-refractivity contribution >= 4 is 15.9 Å². The molecule has 2 atom stereocenters. The summed E-state index contributed by atoms with van der Waals surface area (Å²) in [5.74, 6) is 0.372. The number of benzene rings is 1. The minimum Gasteiger partial charge on any atom is -0.383 e. The van der Waals surface area contributed by atoms with E-state index in [1.807, 2.05) is 12.1 Å². The molecule has 2 fully saturated rings. The van der Waals surface area contributed by atoms with E-state index in [0.717, 1.165) is 5.56 Å². The number of ether oxygens (including phenoxy) is 1. The fourth-order valence-corrected chi connectivity index (χ4v) is 5.50. The third kappa shape index (κ3) is 3.32. The van der Waals surface area contributed by atoms with Crippen molar-refractivity contribution in [1.82, 2.24) is 9.21 Å². The molecular formula is C18H26N2O4S. The SMILES string of the molecule is COCCN1C(=O)C[C@@H]2[C@H]1CCN2S(=O)(=O)c1ccc(C(C)C)cc1. The highest BCUT2D eigenvalue weighted by molar-refractivity contribution is 7.89. The molecule has 1 aromatic rings. The lowest BCUT2D eigenvalue weighted by atomic mass is 10.0. The molecule has 6 nitrogen and oxygen atoms in total. The van der Waals surface area contributed by atoms with Gasteiger partial charge < -0.3 is 9.64 Å². The van der Waals surface area contributed by atoms with Crippen molar-refractivity contribution in [3.05, 3.63) is 29.8 Å². The first-order chi connectivity index (χ1) is 11.9. The normalized spacial score (nSPS) is 24.3. The molecule has 3 rings (SSSR count). The number of carbonyl (C=O) groups is 1. The molecule has 2 aliphatic heterocycles. The molecule has 138 valence electrons. The Balaban J connectivity index is 1.81. The molecule has 2 heterocycles. The van der Waals surface area contributed by atoms with Crippen LogP contribution in [0, 0.1) is 0 Å². The number of likely N-dealkylation sites (tertiary alicyclic amines) is 1. The van der Waals surface area contributed by atoms with Crippen LogP contribution in [0.25, 0.3) is 0 Å². The van der Waals surface area contributed by atoms with Gasteiger partial charge in [0.25, 0.3) is 0 Å². The maximum Gasteiger partial charge on any atom is 0.243 e. The summed E-state index contributed by atoms with van der Waals surface area (Å²) in [6, 6.07) is 6.80. The maximum atomic E-state index is 13.1. The molecular weight excluding hydrogens is 340 g/mol. The molecule has 1 aromatic carbocycles. The Bertz CT molecular complexity index is 730. The van der Waals surface area contributed by atoms with Crippen LogP contribution in [0.2, 0.25) is 0 Å². The second-order valence-corrected chi connectivity index (χ2v) is 8.94. The van der Waals surface area contributed by atoms with Gasteiger partial charge in [-0.2, -0.15) is 4.31 Å². The summed E-state index contributed by atoms with van der Waals surface area (Å²) in [5.41, 5.74) is 1.11. The van der Waals surface area contributed by atoms with Crippen molar-refractivity contribution < 1.29 is 17.9 Å². The molecule has 0 aromatic heterocycles. The van der Waals surface area contributed by atoms with Crippen LogP contribution >= 0.6 is 0 Å². The highest BCUT2D eigenvalue weighted by Crippen LogP contribution is 2.36. The lowest BCUT2D eigenvalue weighted by Crippen LogP contribution is -2.40. The third-order valence-corrected chi connectivity index (χ3v) is 7.19.